The number of nitrogens with zero attached hydrogens (tertiary/aromatic N) is 2. The first kappa shape index (κ1) is 24.5. The van der Waals surface area contributed by atoms with Crippen LogP contribution in [0.4, 0.5) is 18.9 Å². The van der Waals surface area contributed by atoms with Gasteiger partial charge in [0.2, 0.25) is 5.88 Å². The van der Waals surface area contributed by atoms with Gasteiger partial charge >= 0.3 is 6.18 Å². The molecule has 2 N–H and O–H groups in total. The minimum atomic E-state index is -4.58. The van der Waals surface area contributed by atoms with Crippen molar-refractivity contribution in [1.29, 1.82) is 5.26 Å². The highest BCUT2D eigenvalue weighted by molar-refractivity contribution is 7.96. The Balaban J connectivity index is 1.73. The first-order valence-electron chi connectivity index (χ1n) is 11.2. The molecule has 1 atom stereocenters. The lowest BCUT2D eigenvalue weighted by Gasteiger charge is -2.38. The lowest BCUT2D eigenvalue weighted by molar-refractivity contribution is -0.137. The summed E-state index contributed by atoms with van der Waals surface area (Å²) in [6, 6.07) is 20.0. The van der Waals surface area contributed by atoms with Gasteiger partial charge in [0.25, 0.3) is 10.0 Å². The average Bonchev–Trinajstić information content (AvgIpc) is 2.85. The molecule has 0 amide bonds. The summed E-state index contributed by atoms with van der Waals surface area (Å²) in [5.74, 6) is -1.60. The Morgan fingerprint density at radius 2 is 1.76 bits per heavy atom. The normalized spacial score (nSPS) is 18.6. The van der Waals surface area contributed by atoms with E-state index < -0.39 is 27.7 Å². The molecule has 0 aromatic heterocycles. The molecule has 2 heterocycles. The molecule has 0 radical (unpaired) electrons. The van der Waals surface area contributed by atoms with E-state index in [-0.39, 0.29) is 34.2 Å². The fraction of sp³-hybridized carbons (Fsp3) is 0.148. The number of ether oxygens (including phenoxy) is 1. The molecule has 0 saturated carbocycles. The molecule has 3 aromatic rings. The maximum absolute atomic E-state index is 14.2. The van der Waals surface area contributed by atoms with Gasteiger partial charge in [-0.15, -0.1) is 0 Å². The van der Waals surface area contributed by atoms with Gasteiger partial charge in [0.05, 0.1) is 23.7 Å². The van der Waals surface area contributed by atoms with Crippen LogP contribution in [0.15, 0.2) is 89.2 Å². The molecule has 37 heavy (non-hydrogen) atoms. The molecular formula is C27H20F3N3O3S. The van der Waals surface area contributed by atoms with Gasteiger partial charge in [-0.25, -0.2) is 8.42 Å². The van der Waals surface area contributed by atoms with Gasteiger partial charge in [0.1, 0.15) is 16.5 Å². The number of para-hydroxylation sites is 1. The zero-order valence-electron chi connectivity index (χ0n) is 19.5. The second-order valence-corrected chi connectivity index (χ2v) is 10.6. The number of nitriles is 1. The summed E-state index contributed by atoms with van der Waals surface area (Å²) in [5.41, 5.74) is 7.62. The lowest BCUT2D eigenvalue weighted by Crippen LogP contribution is -2.39. The predicted octanol–water partition coefficient (Wildman–Crippen LogP) is 5.54. The van der Waals surface area contributed by atoms with Crippen molar-refractivity contribution in [3.05, 3.63) is 117 Å². The van der Waals surface area contributed by atoms with Crippen molar-refractivity contribution in [2.24, 2.45) is 5.73 Å². The van der Waals surface area contributed by atoms with Gasteiger partial charge in [-0.1, -0.05) is 54.1 Å². The summed E-state index contributed by atoms with van der Waals surface area (Å²) in [6.07, 6.45) is -4.58. The molecule has 10 heteroatoms. The summed E-state index contributed by atoms with van der Waals surface area (Å²) < 4.78 is 75.0. The molecular weight excluding hydrogens is 503 g/mol. The van der Waals surface area contributed by atoms with Gasteiger partial charge in [-0.3, -0.25) is 4.31 Å². The van der Waals surface area contributed by atoms with E-state index in [9.17, 15) is 26.9 Å². The molecule has 188 valence electrons. The summed E-state index contributed by atoms with van der Waals surface area (Å²) in [4.78, 5) is -0.246. The molecule has 0 unspecified atom stereocenters. The summed E-state index contributed by atoms with van der Waals surface area (Å²) in [6.45, 7) is 1.89. The molecule has 3 aromatic carbocycles. The van der Waals surface area contributed by atoms with Crippen molar-refractivity contribution in [3.8, 4) is 6.07 Å². The van der Waals surface area contributed by atoms with Crippen LogP contribution in [0.3, 0.4) is 0 Å². The molecule has 0 saturated heterocycles. The van der Waals surface area contributed by atoms with E-state index in [4.69, 9.17) is 10.5 Å². The van der Waals surface area contributed by atoms with Crippen molar-refractivity contribution in [3.63, 3.8) is 0 Å². The Kier molecular flexibility index (Phi) is 5.76. The van der Waals surface area contributed by atoms with Gasteiger partial charge in [-0.05, 0) is 42.3 Å². The van der Waals surface area contributed by atoms with Crippen LogP contribution in [0, 0.1) is 18.3 Å². The Bertz CT molecular complexity index is 1620. The van der Waals surface area contributed by atoms with Crippen LogP contribution >= 0.6 is 0 Å². The largest absolute Gasteiger partial charge is 0.439 e. The predicted molar refractivity (Wildman–Crippen MR) is 132 cm³/mol. The summed E-state index contributed by atoms with van der Waals surface area (Å²) in [5, 5.41) is 9.89. The Hall–Kier alpha value is -4.23. The monoisotopic (exact) mass is 523 g/mol. The van der Waals surface area contributed by atoms with Gasteiger partial charge in [0.15, 0.2) is 5.76 Å². The standard InChI is InChI=1S/C27H20F3N3O3S/c1-16-5-4-6-17(13-16)15-33-22-8-3-2-7-20(22)24-25(37(33,34)35)23(21(14-31)26(32)36-24)18-9-11-19(12-10-18)27(28,29)30/h2-13,23H,15,32H2,1H3/t23-/m0/s1. The highest BCUT2D eigenvalue weighted by Gasteiger charge is 2.47. The summed E-state index contributed by atoms with van der Waals surface area (Å²) in [7, 11) is -4.33. The Morgan fingerprint density at radius 1 is 1.05 bits per heavy atom. The van der Waals surface area contributed by atoms with Crippen LogP contribution in [0.1, 0.15) is 33.7 Å². The van der Waals surface area contributed by atoms with Gasteiger partial charge in [0, 0.05) is 5.56 Å². The molecule has 2 aliphatic rings. The first-order valence-corrected chi connectivity index (χ1v) is 12.6. The minimum absolute atomic E-state index is 0.00137. The van der Waals surface area contributed by atoms with E-state index in [1.54, 1.807) is 30.3 Å². The third-order valence-corrected chi connectivity index (χ3v) is 8.22. The molecule has 0 aliphatic carbocycles. The average molecular weight is 524 g/mol. The molecule has 0 spiro atoms. The zero-order valence-corrected chi connectivity index (χ0v) is 20.3. The number of benzene rings is 3. The van der Waals surface area contributed by atoms with Crippen LogP contribution in [0.5, 0.6) is 0 Å². The number of allylic oxidation sites excluding steroid dienone is 2. The minimum Gasteiger partial charge on any atom is -0.439 e. The number of anilines is 1. The van der Waals surface area contributed by atoms with Crippen molar-refractivity contribution in [1.82, 2.24) is 0 Å². The highest BCUT2D eigenvalue weighted by atomic mass is 32.2. The van der Waals surface area contributed by atoms with Crippen LogP contribution in [0.2, 0.25) is 0 Å². The second-order valence-electron chi connectivity index (χ2n) is 8.76. The number of aryl methyl sites for hydroxylation is 1. The third-order valence-electron chi connectivity index (χ3n) is 6.34. The highest BCUT2D eigenvalue weighted by Crippen LogP contribution is 2.51. The third kappa shape index (κ3) is 4.11. The van der Waals surface area contributed by atoms with E-state index in [1.165, 1.54) is 4.31 Å². The van der Waals surface area contributed by atoms with Crippen molar-refractivity contribution < 1.29 is 26.3 Å². The first-order chi connectivity index (χ1) is 17.5. The number of alkyl halides is 3. The molecule has 6 nitrogen and oxygen atoms in total. The fourth-order valence-electron chi connectivity index (χ4n) is 4.65. The maximum atomic E-state index is 14.2. The quantitative estimate of drug-likeness (QED) is 0.486. The molecule has 2 aliphatic heterocycles. The Labute approximate surface area is 211 Å². The van der Waals surface area contributed by atoms with E-state index >= 15 is 0 Å². The van der Waals surface area contributed by atoms with Gasteiger partial charge in [-0.2, -0.15) is 18.4 Å². The number of hydrogen-bond donors (Lipinski definition) is 1. The molecule has 0 bridgehead atoms. The number of halogens is 3. The van der Waals surface area contributed by atoms with Crippen molar-refractivity contribution in [2.75, 3.05) is 4.31 Å². The van der Waals surface area contributed by atoms with Crippen LogP contribution < -0.4 is 10.0 Å². The van der Waals surface area contributed by atoms with Crippen molar-refractivity contribution >= 4 is 21.5 Å². The van der Waals surface area contributed by atoms with Crippen molar-refractivity contribution in [2.45, 2.75) is 25.6 Å². The SMILES string of the molecule is Cc1cccc(CN2c3ccccc3C3=C([C@@H](c4ccc(C(F)(F)F)cc4)C(C#N)=C(N)O3)S2(=O)=O)c1. The van der Waals surface area contributed by atoms with E-state index in [1.807, 2.05) is 31.2 Å². The number of sulfonamides is 1. The van der Waals surface area contributed by atoms with Crippen LogP contribution in [0.25, 0.3) is 5.76 Å². The number of nitrogens with two attached hydrogens (primary N) is 1. The maximum Gasteiger partial charge on any atom is 0.416 e. The van der Waals surface area contributed by atoms with Crippen LogP contribution in [-0.4, -0.2) is 8.42 Å². The van der Waals surface area contributed by atoms with E-state index in [0.29, 0.717) is 11.3 Å². The smallest absolute Gasteiger partial charge is 0.416 e. The van der Waals surface area contributed by atoms with Crippen LogP contribution in [-0.2, 0) is 27.5 Å². The summed E-state index contributed by atoms with van der Waals surface area (Å²) >= 11 is 0. The number of fused-ring (bicyclic) bond motifs is 2. The van der Waals surface area contributed by atoms with Gasteiger partial charge < -0.3 is 10.5 Å². The lowest BCUT2D eigenvalue weighted by atomic mass is 9.88. The second kappa shape index (κ2) is 8.71. The Morgan fingerprint density at radius 3 is 2.41 bits per heavy atom. The topological polar surface area (TPSA) is 96.4 Å². The van der Waals surface area contributed by atoms with E-state index in [0.717, 1.165) is 35.4 Å². The number of hydrogen-bond acceptors (Lipinski definition) is 5. The fourth-order valence-corrected chi connectivity index (χ4v) is 6.57. The zero-order chi connectivity index (χ0) is 26.5. The number of rotatable bonds is 3. The van der Waals surface area contributed by atoms with E-state index in [2.05, 4.69) is 0 Å². The molecule has 5 rings (SSSR count). The molecule has 0 fully saturated rings.